The van der Waals surface area contributed by atoms with Gasteiger partial charge in [0.25, 0.3) is 5.91 Å². The number of carbonyl (C=O) groups excluding carboxylic acids is 1. The standard InChI is InChI=1S/C29H20BrClN2O2S/c30-25-17-20(14-15-26(25)35-19-21-8-7-9-22(31)16-21)18-27-28(34)33(24-12-5-2-6-13-24)29(36-27)32-23-10-3-1-4-11-23/h1-18H,19H2/b27-18+,32-29?. The van der Waals surface area contributed by atoms with Gasteiger partial charge in [0, 0.05) is 5.02 Å². The molecule has 1 aliphatic heterocycles. The lowest BCUT2D eigenvalue weighted by atomic mass is 10.2. The summed E-state index contributed by atoms with van der Waals surface area (Å²) in [6.45, 7) is 0.402. The number of para-hydroxylation sites is 2. The predicted molar refractivity (Wildman–Crippen MR) is 153 cm³/mol. The van der Waals surface area contributed by atoms with E-state index in [0.717, 1.165) is 27.0 Å². The van der Waals surface area contributed by atoms with Crippen LogP contribution in [-0.2, 0) is 11.4 Å². The number of amidine groups is 1. The largest absolute Gasteiger partial charge is 0.488 e. The second-order valence-corrected chi connectivity index (χ2v) is 10.2. The molecule has 0 unspecified atom stereocenters. The minimum absolute atomic E-state index is 0.113. The fraction of sp³-hybridized carbons (Fsp3) is 0.0345. The van der Waals surface area contributed by atoms with Crippen molar-refractivity contribution in [2.45, 2.75) is 6.61 Å². The van der Waals surface area contributed by atoms with E-state index in [2.05, 4.69) is 15.9 Å². The van der Waals surface area contributed by atoms with Gasteiger partial charge in [-0.2, -0.15) is 0 Å². The topological polar surface area (TPSA) is 41.9 Å². The van der Waals surface area contributed by atoms with E-state index in [9.17, 15) is 4.79 Å². The molecule has 1 fully saturated rings. The zero-order valence-corrected chi connectivity index (χ0v) is 22.1. The molecule has 1 saturated heterocycles. The highest BCUT2D eigenvalue weighted by molar-refractivity contribution is 9.10. The van der Waals surface area contributed by atoms with Crippen molar-refractivity contribution in [3.8, 4) is 5.75 Å². The summed E-state index contributed by atoms with van der Waals surface area (Å²) in [7, 11) is 0. The van der Waals surface area contributed by atoms with E-state index >= 15 is 0 Å². The molecule has 4 nitrogen and oxygen atoms in total. The van der Waals surface area contributed by atoms with E-state index in [1.54, 1.807) is 4.90 Å². The van der Waals surface area contributed by atoms with Gasteiger partial charge in [-0.15, -0.1) is 0 Å². The second-order valence-electron chi connectivity index (χ2n) is 7.93. The van der Waals surface area contributed by atoms with Crippen molar-refractivity contribution in [3.63, 3.8) is 0 Å². The average Bonchev–Trinajstić information content (AvgIpc) is 3.18. The first-order valence-corrected chi connectivity index (χ1v) is 13.2. The highest BCUT2D eigenvalue weighted by Gasteiger charge is 2.34. The lowest BCUT2D eigenvalue weighted by Gasteiger charge is -2.15. The molecule has 7 heteroatoms. The summed E-state index contributed by atoms with van der Waals surface area (Å²) in [5.74, 6) is 0.595. The van der Waals surface area contributed by atoms with Gasteiger partial charge in [0.05, 0.1) is 20.8 Å². The molecule has 1 aliphatic rings. The highest BCUT2D eigenvalue weighted by atomic mass is 79.9. The summed E-state index contributed by atoms with van der Waals surface area (Å²) in [6, 6.07) is 32.5. The molecule has 1 amide bonds. The number of nitrogens with zero attached hydrogens (tertiary/aromatic N) is 2. The number of hydrogen-bond acceptors (Lipinski definition) is 4. The van der Waals surface area contributed by atoms with Crippen molar-refractivity contribution in [2.24, 2.45) is 4.99 Å². The number of ether oxygens (including phenoxy) is 1. The number of anilines is 1. The Labute approximate surface area is 227 Å². The third-order valence-corrected chi connectivity index (χ3v) is 7.16. The lowest BCUT2D eigenvalue weighted by Crippen LogP contribution is -2.28. The Morgan fingerprint density at radius 3 is 2.39 bits per heavy atom. The monoisotopic (exact) mass is 574 g/mol. The maximum Gasteiger partial charge on any atom is 0.271 e. The van der Waals surface area contributed by atoms with Gasteiger partial charge < -0.3 is 4.74 Å². The maximum atomic E-state index is 13.5. The Bertz CT molecular complexity index is 1460. The molecule has 1 heterocycles. The molecule has 0 aliphatic carbocycles. The molecule has 0 atom stereocenters. The fourth-order valence-electron chi connectivity index (χ4n) is 3.63. The van der Waals surface area contributed by atoms with E-state index in [1.165, 1.54) is 11.8 Å². The lowest BCUT2D eigenvalue weighted by molar-refractivity contribution is -0.113. The third-order valence-electron chi connectivity index (χ3n) is 5.34. The number of benzene rings is 4. The van der Waals surface area contributed by atoms with Gasteiger partial charge >= 0.3 is 0 Å². The van der Waals surface area contributed by atoms with Crippen LogP contribution in [0.4, 0.5) is 11.4 Å². The second kappa shape index (κ2) is 11.2. The van der Waals surface area contributed by atoms with Crippen molar-refractivity contribution in [2.75, 3.05) is 4.90 Å². The van der Waals surface area contributed by atoms with Crippen molar-refractivity contribution >= 4 is 67.8 Å². The fourth-order valence-corrected chi connectivity index (χ4v) is 5.35. The number of halogens is 2. The number of hydrogen-bond donors (Lipinski definition) is 0. The SMILES string of the molecule is O=C1/C(=C\c2ccc(OCc3cccc(Cl)c3)c(Br)c2)SC(=Nc2ccccc2)N1c1ccccc1. The summed E-state index contributed by atoms with van der Waals surface area (Å²) in [4.78, 5) is 20.5. The van der Waals surface area contributed by atoms with Crippen LogP contribution in [-0.4, -0.2) is 11.1 Å². The van der Waals surface area contributed by atoms with Gasteiger partial charge in [0.2, 0.25) is 0 Å². The Morgan fingerprint density at radius 1 is 0.917 bits per heavy atom. The number of amides is 1. The molecule has 178 valence electrons. The summed E-state index contributed by atoms with van der Waals surface area (Å²) in [5.41, 5.74) is 3.43. The molecule has 0 saturated carbocycles. The zero-order valence-electron chi connectivity index (χ0n) is 19.0. The van der Waals surface area contributed by atoms with Gasteiger partial charge in [-0.25, -0.2) is 4.99 Å². The summed E-state index contributed by atoms with van der Waals surface area (Å²) in [6.07, 6.45) is 1.88. The first-order valence-electron chi connectivity index (χ1n) is 11.2. The van der Waals surface area contributed by atoms with E-state index in [1.807, 2.05) is 109 Å². The van der Waals surface area contributed by atoms with Crippen LogP contribution in [0.2, 0.25) is 5.02 Å². The predicted octanol–water partition coefficient (Wildman–Crippen LogP) is 8.49. The maximum absolute atomic E-state index is 13.5. The summed E-state index contributed by atoms with van der Waals surface area (Å²) >= 11 is 11.0. The minimum Gasteiger partial charge on any atom is -0.488 e. The van der Waals surface area contributed by atoms with Crippen LogP contribution < -0.4 is 9.64 Å². The number of aliphatic imine (C=N–C) groups is 1. The Balaban J connectivity index is 1.40. The van der Waals surface area contributed by atoms with Crippen molar-refractivity contribution in [1.82, 2.24) is 0 Å². The molecular formula is C29H20BrClN2O2S. The van der Waals surface area contributed by atoms with Gasteiger partial charge in [0.15, 0.2) is 5.17 Å². The van der Waals surface area contributed by atoms with Crippen molar-refractivity contribution in [1.29, 1.82) is 0 Å². The van der Waals surface area contributed by atoms with E-state index in [0.29, 0.717) is 27.5 Å². The molecule has 4 aromatic carbocycles. The molecule has 4 aromatic rings. The summed E-state index contributed by atoms with van der Waals surface area (Å²) < 4.78 is 6.76. The molecular weight excluding hydrogens is 556 g/mol. The van der Waals surface area contributed by atoms with E-state index < -0.39 is 0 Å². The number of rotatable bonds is 6. The normalized spacial score (nSPS) is 15.6. The van der Waals surface area contributed by atoms with Crippen molar-refractivity contribution in [3.05, 3.63) is 129 Å². The van der Waals surface area contributed by atoms with Crippen LogP contribution in [0.3, 0.4) is 0 Å². The van der Waals surface area contributed by atoms with Gasteiger partial charge in [-0.05, 0) is 93.4 Å². The van der Waals surface area contributed by atoms with Gasteiger partial charge in [-0.1, -0.05) is 66.2 Å². The molecule has 5 rings (SSSR count). The first-order chi connectivity index (χ1) is 17.6. The zero-order chi connectivity index (χ0) is 24.9. The molecule has 36 heavy (non-hydrogen) atoms. The first kappa shape index (κ1) is 24.4. The number of carbonyl (C=O) groups is 1. The Hall–Kier alpha value is -3.32. The molecule has 0 spiro atoms. The highest BCUT2D eigenvalue weighted by Crippen LogP contribution is 2.38. The van der Waals surface area contributed by atoms with Crippen LogP contribution in [0.1, 0.15) is 11.1 Å². The van der Waals surface area contributed by atoms with Gasteiger partial charge in [0.1, 0.15) is 12.4 Å². The van der Waals surface area contributed by atoms with E-state index in [4.69, 9.17) is 21.3 Å². The quantitative estimate of drug-likeness (QED) is 0.217. The summed E-state index contributed by atoms with van der Waals surface area (Å²) in [5, 5.41) is 1.29. The van der Waals surface area contributed by atoms with Crippen molar-refractivity contribution < 1.29 is 9.53 Å². The number of thioether (sulfide) groups is 1. The molecule has 0 radical (unpaired) electrons. The minimum atomic E-state index is -0.113. The van der Waals surface area contributed by atoms with Crippen LogP contribution in [0.5, 0.6) is 5.75 Å². The molecule has 0 bridgehead atoms. The van der Waals surface area contributed by atoms with Crippen LogP contribution in [0.25, 0.3) is 6.08 Å². The Morgan fingerprint density at radius 2 is 1.67 bits per heavy atom. The molecule has 0 aromatic heterocycles. The third kappa shape index (κ3) is 5.73. The van der Waals surface area contributed by atoms with Crippen LogP contribution >= 0.6 is 39.3 Å². The smallest absolute Gasteiger partial charge is 0.271 e. The van der Waals surface area contributed by atoms with E-state index in [-0.39, 0.29) is 5.91 Å². The van der Waals surface area contributed by atoms with Crippen LogP contribution in [0.15, 0.2) is 117 Å². The molecule has 0 N–H and O–H groups in total. The van der Waals surface area contributed by atoms with Crippen LogP contribution in [0, 0.1) is 0 Å². The van der Waals surface area contributed by atoms with Gasteiger partial charge in [-0.3, -0.25) is 9.69 Å². The Kier molecular flexibility index (Phi) is 7.56. The average molecular weight is 576 g/mol.